The predicted molar refractivity (Wildman–Crippen MR) is 131 cm³/mol. The average molecular weight is 482 g/mol. The number of cyclic esters (lactones) is 1. The predicted octanol–water partition coefficient (Wildman–Crippen LogP) is 3.32. The van der Waals surface area contributed by atoms with E-state index in [1.54, 1.807) is 44.4 Å². The van der Waals surface area contributed by atoms with Crippen molar-refractivity contribution in [3.8, 4) is 17.1 Å². The van der Waals surface area contributed by atoms with Gasteiger partial charge in [-0.05, 0) is 42.8 Å². The van der Waals surface area contributed by atoms with Crippen LogP contribution in [0.25, 0.3) is 22.3 Å². The number of pyridine rings is 2. The van der Waals surface area contributed by atoms with E-state index in [0.29, 0.717) is 44.7 Å². The van der Waals surface area contributed by atoms with Gasteiger partial charge in [-0.15, -0.1) is 0 Å². The molecule has 2 aromatic carbocycles. The van der Waals surface area contributed by atoms with Gasteiger partial charge in [0.05, 0.1) is 36.1 Å². The van der Waals surface area contributed by atoms with E-state index >= 15 is 0 Å². The maximum atomic E-state index is 13.8. The fraction of sp³-hybridized carbons (Fsp3) is 0.214. The number of carbonyl (C=O) groups excluding carboxylic acids is 2. The number of esters is 1. The van der Waals surface area contributed by atoms with Crippen LogP contribution in [0.4, 0.5) is 0 Å². The summed E-state index contributed by atoms with van der Waals surface area (Å²) in [6.07, 6.45) is 0.0565. The number of carbonyl (C=O) groups is 2. The molecule has 1 atom stereocenters. The summed E-state index contributed by atoms with van der Waals surface area (Å²) < 4.78 is 11.9. The van der Waals surface area contributed by atoms with Gasteiger partial charge in [-0.25, -0.2) is 9.78 Å². The van der Waals surface area contributed by atoms with Gasteiger partial charge in [-0.2, -0.15) is 0 Å². The van der Waals surface area contributed by atoms with Gasteiger partial charge in [-0.1, -0.05) is 25.1 Å². The molecule has 0 amide bonds. The number of hydrogen-bond donors (Lipinski definition) is 1. The second kappa shape index (κ2) is 7.86. The van der Waals surface area contributed by atoms with E-state index in [0.717, 1.165) is 0 Å². The first-order chi connectivity index (χ1) is 17.4. The smallest absolute Gasteiger partial charge is 0.343 e. The average Bonchev–Trinajstić information content (AvgIpc) is 3.27. The standard InChI is InChI=1S/C28H22N2O6/c1-3-28(34)20-12-22-24-18(13-30(22)26(32)19(20)14-36-27(28)33)23(17-6-4-5-7-21(17)29-24)25(31)15-8-10-16(35-2)11-9-15/h4-12,34H,3,13-14H2,1-2H3/t28-/m0/s1. The van der Waals surface area contributed by atoms with Crippen LogP contribution in [0, 0.1) is 0 Å². The molecular weight excluding hydrogens is 460 g/mol. The van der Waals surface area contributed by atoms with E-state index in [9.17, 15) is 19.5 Å². The van der Waals surface area contributed by atoms with Gasteiger partial charge in [-0.3, -0.25) is 9.59 Å². The van der Waals surface area contributed by atoms with Gasteiger partial charge >= 0.3 is 5.97 Å². The fourth-order valence-electron chi connectivity index (χ4n) is 5.17. The molecule has 2 aliphatic rings. The van der Waals surface area contributed by atoms with E-state index in [-0.39, 0.29) is 42.0 Å². The summed E-state index contributed by atoms with van der Waals surface area (Å²) in [5, 5.41) is 11.8. The summed E-state index contributed by atoms with van der Waals surface area (Å²) in [7, 11) is 1.56. The summed E-state index contributed by atoms with van der Waals surface area (Å²) in [4.78, 5) is 44.6. The third-order valence-electron chi connectivity index (χ3n) is 7.17. The van der Waals surface area contributed by atoms with Crippen LogP contribution in [0.15, 0.2) is 59.4 Å². The number of nitrogens with zero attached hydrogens (tertiary/aromatic N) is 2. The van der Waals surface area contributed by atoms with Crippen molar-refractivity contribution < 1.29 is 24.2 Å². The molecule has 0 aliphatic carbocycles. The maximum Gasteiger partial charge on any atom is 0.343 e. The lowest BCUT2D eigenvalue weighted by Crippen LogP contribution is -2.44. The minimum Gasteiger partial charge on any atom is -0.497 e. The Morgan fingerprint density at radius 2 is 1.89 bits per heavy atom. The van der Waals surface area contributed by atoms with Gasteiger partial charge < -0.3 is 19.1 Å². The third kappa shape index (κ3) is 2.97. The first-order valence-corrected chi connectivity index (χ1v) is 11.6. The first-order valence-electron chi connectivity index (χ1n) is 11.6. The maximum absolute atomic E-state index is 13.8. The van der Waals surface area contributed by atoms with Crippen LogP contribution in [0.3, 0.4) is 0 Å². The van der Waals surface area contributed by atoms with Crippen molar-refractivity contribution in [2.45, 2.75) is 32.1 Å². The van der Waals surface area contributed by atoms with E-state index in [4.69, 9.17) is 14.5 Å². The Balaban J connectivity index is 1.61. The van der Waals surface area contributed by atoms with Crippen LogP contribution in [-0.4, -0.2) is 33.5 Å². The number of ketones is 1. The molecule has 1 N–H and O–H groups in total. The highest BCUT2D eigenvalue weighted by Crippen LogP contribution is 2.40. The topological polar surface area (TPSA) is 108 Å². The molecule has 8 heteroatoms. The molecular formula is C28H22N2O6. The van der Waals surface area contributed by atoms with Crippen molar-refractivity contribution in [3.63, 3.8) is 0 Å². The molecule has 0 bridgehead atoms. The van der Waals surface area contributed by atoms with Crippen LogP contribution in [0.2, 0.25) is 0 Å². The molecule has 4 heterocycles. The van der Waals surface area contributed by atoms with E-state index in [1.165, 1.54) is 4.57 Å². The zero-order chi connectivity index (χ0) is 25.2. The van der Waals surface area contributed by atoms with Crippen LogP contribution in [0.5, 0.6) is 5.75 Å². The number of para-hydroxylation sites is 1. The lowest BCUT2D eigenvalue weighted by Gasteiger charge is -2.31. The van der Waals surface area contributed by atoms with Crippen LogP contribution < -0.4 is 10.3 Å². The molecule has 0 saturated carbocycles. The fourth-order valence-corrected chi connectivity index (χ4v) is 5.17. The number of ether oxygens (including phenoxy) is 2. The number of hydrogen-bond acceptors (Lipinski definition) is 7. The largest absolute Gasteiger partial charge is 0.497 e. The number of fused-ring (bicyclic) bond motifs is 5. The van der Waals surface area contributed by atoms with Crippen molar-refractivity contribution in [3.05, 3.63) is 92.8 Å². The molecule has 0 saturated heterocycles. The summed E-state index contributed by atoms with van der Waals surface area (Å²) >= 11 is 0. The molecule has 0 radical (unpaired) electrons. The van der Waals surface area contributed by atoms with Gasteiger partial charge in [0.1, 0.15) is 12.4 Å². The zero-order valence-corrected chi connectivity index (χ0v) is 19.7. The van der Waals surface area contributed by atoms with Crippen molar-refractivity contribution in [2.75, 3.05) is 7.11 Å². The highest BCUT2D eigenvalue weighted by Gasteiger charge is 2.45. The normalized spacial score (nSPS) is 17.8. The van der Waals surface area contributed by atoms with Crippen molar-refractivity contribution in [2.24, 2.45) is 0 Å². The number of benzene rings is 2. The Morgan fingerprint density at radius 1 is 1.14 bits per heavy atom. The van der Waals surface area contributed by atoms with E-state index < -0.39 is 11.6 Å². The van der Waals surface area contributed by atoms with E-state index in [2.05, 4.69) is 0 Å². The molecule has 8 nitrogen and oxygen atoms in total. The Hall–Kier alpha value is -4.30. The Morgan fingerprint density at radius 3 is 2.61 bits per heavy atom. The quantitative estimate of drug-likeness (QED) is 0.309. The highest BCUT2D eigenvalue weighted by atomic mass is 16.6. The number of methoxy groups -OCH3 is 1. The molecule has 4 aromatic rings. The number of rotatable bonds is 4. The van der Waals surface area contributed by atoms with Crippen molar-refractivity contribution >= 4 is 22.7 Å². The Bertz CT molecular complexity index is 1650. The highest BCUT2D eigenvalue weighted by molar-refractivity contribution is 6.18. The SMILES string of the molecule is CC[C@@]1(O)C(=O)OCc2c1cc1n(c2=O)Cc2c-1nc1ccccc1c2C(=O)c1ccc(OC)cc1. The molecule has 180 valence electrons. The van der Waals surface area contributed by atoms with Gasteiger partial charge in [0, 0.05) is 27.6 Å². The van der Waals surface area contributed by atoms with Crippen LogP contribution >= 0.6 is 0 Å². The van der Waals surface area contributed by atoms with Crippen LogP contribution in [0.1, 0.15) is 46.0 Å². The molecule has 2 aliphatic heterocycles. The molecule has 36 heavy (non-hydrogen) atoms. The summed E-state index contributed by atoms with van der Waals surface area (Å²) in [5.41, 5.74) is 1.34. The summed E-state index contributed by atoms with van der Waals surface area (Å²) in [5.74, 6) is -0.329. The molecule has 0 fully saturated rings. The molecule has 0 unspecified atom stereocenters. The third-order valence-corrected chi connectivity index (χ3v) is 7.17. The summed E-state index contributed by atoms with van der Waals surface area (Å²) in [6.45, 7) is 1.59. The number of aliphatic hydroxyl groups is 1. The van der Waals surface area contributed by atoms with Gasteiger partial charge in [0.25, 0.3) is 5.56 Å². The lowest BCUT2D eigenvalue weighted by molar-refractivity contribution is -0.172. The Kier molecular flexibility index (Phi) is 4.84. The minimum atomic E-state index is -1.91. The van der Waals surface area contributed by atoms with Crippen LogP contribution in [-0.2, 0) is 28.3 Å². The monoisotopic (exact) mass is 482 g/mol. The second-order valence-corrected chi connectivity index (χ2v) is 8.99. The summed E-state index contributed by atoms with van der Waals surface area (Å²) in [6, 6.07) is 15.9. The second-order valence-electron chi connectivity index (χ2n) is 8.99. The molecule has 6 rings (SSSR count). The lowest BCUT2D eigenvalue weighted by atomic mass is 9.86. The first kappa shape index (κ1) is 22.2. The minimum absolute atomic E-state index is 0.0565. The number of aromatic nitrogens is 2. The van der Waals surface area contributed by atoms with Crippen molar-refractivity contribution in [1.82, 2.24) is 9.55 Å². The zero-order valence-electron chi connectivity index (χ0n) is 19.7. The van der Waals surface area contributed by atoms with E-state index in [1.807, 2.05) is 24.3 Å². The molecule has 2 aromatic heterocycles. The molecule has 0 spiro atoms. The van der Waals surface area contributed by atoms with Crippen molar-refractivity contribution in [1.29, 1.82) is 0 Å². The van der Waals surface area contributed by atoms with Gasteiger partial charge in [0.15, 0.2) is 11.4 Å². The Labute approximate surface area is 205 Å². The van der Waals surface area contributed by atoms with Gasteiger partial charge in [0.2, 0.25) is 0 Å².